The lowest BCUT2D eigenvalue weighted by atomic mass is 9.72. The van der Waals surface area contributed by atoms with Gasteiger partial charge in [0.2, 0.25) is 0 Å². The Kier molecular flexibility index (Phi) is 4.94. The molecule has 1 aromatic heterocycles. The monoisotopic (exact) mass is 434 g/mol. The summed E-state index contributed by atoms with van der Waals surface area (Å²) in [6, 6.07) is 5.48. The Balaban J connectivity index is 1.67. The molecule has 1 unspecified atom stereocenters. The van der Waals surface area contributed by atoms with Crippen LogP contribution in [0.3, 0.4) is 0 Å². The highest BCUT2D eigenvalue weighted by atomic mass is 79.9. The van der Waals surface area contributed by atoms with E-state index in [1.165, 1.54) is 0 Å². The van der Waals surface area contributed by atoms with Gasteiger partial charge in [0.15, 0.2) is 0 Å². The van der Waals surface area contributed by atoms with Crippen molar-refractivity contribution in [2.45, 2.75) is 18.8 Å². The lowest BCUT2D eigenvalue weighted by molar-refractivity contribution is 0.0108. The maximum atomic E-state index is 13.3. The number of aromatic nitrogens is 3. The van der Waals surface area contributed by atoms with Crippen LogP contribution >= 0.6 is 15.9 Å². The number of halogens is 1. The first kappa shape index (κ1) is 18.4. The first-order valence-electron chi connectivity index (χ1n) is 9.08. The normalized spacial score (nSPS) is 21.6. The quantitative estimate of drug-likeness (QED) is 0.742. The second-order valence-electron chi connectivity index (χ2n) is 7.36. The second-order valence-corrected chi connectivity index (χ2v) is 8.21. The molecule has 2 aliphatic heterocycles. The van der Waals surface area contributed by atoms with Crippen LogP contribution in [0.4, 0.5) is 0 Å². The van der Waals surface area contributed by atoms with Crippen molar-refractivity contribution >= 4 is 21.8 Å². The summed E-state index contributed by atoms with van der Waals surface area (Å²) in [7, 11) is 3.57. The summed E-state index contributed by atoms with van der Waals surface area (Å²) >= 11 is 3.51. The maximum Gasteiger partial charge on any atom is 0.255 e. The van der Waals surface area contributed by atoms with E-state index < -0.39 is 0 Å². The highest BCUT2D eigenvalue weighted by Crippen LogP contribution is 2.49. The molecule has 1 aromatic carbocycles. The molecule has 2 aliphatic rings. The molecule has 7 nitrogen and oxygen atoms in total. The molecule has 4 rings (SSSR count). The van der Waals surface area contributed by atoms with E-state index in [4.69, 9.17) is 9.47 Å². The Bertz CT molecular complexity index is 847. The van der Waals surface area contributed by atoms with Crippen molar-refractivity contribution in [1.82, 2.24) is 19.7 Å². The highest BCUT2D eigenvalue weighted by Gasteiger charge is 2.51. The molecule has 0 aliphatic carbocycles. The molecule has 144 valence electrons. The third kappa shape index (κ3) is 3.25. The van der Waals surface area contributed by atoms with Gasteiger partial charge in [0.1, 0.15) is 17.9 Å². The first-order valence-corrected chi connectivity index (χ1v) is 9.88. The van der Waals surface area contributed by atoms with Gasteiger partial charge in [-0.25, -0.2) is 0 Å². The number of rotatable bonds is 3. The Morgan fingerprint density at radius 3 is 2.81 bits per heavy atom. The van der Waals surface area contributed by atoms with Crippen molar-refractivity contribution in [1.29, 1.82) is 0 Å². The SMILES string of the molecule is COc1ccc(Br)c(C(=O)N2CC(c3nncn3C)C3(CCOCC3)C2)c1. The minimum Gasteiger partial charge on any atom is -0.497 e. The number of carbonyl (C=O) groups excluding carboxylic acids is 1. The highest BCUT2D eigenvalue weighted by molar-refractivity contribution is 9.10. The van der Waals surface area contributed by atoms with Crippen LogP contribution in [0.1, 0.15) is 34.9 Å². The minimum atomic E-state index is -0.0138. The van der Waals surface area contributed by atoms with Crippen molar-refractivity contribution in [3.63, 3.8) is 0 Å². The molecule has 8 heteroatoms. The molecule has 0 N–H and O–H groups in total. The number of amides is 1. The van der Waals surface area contributed by atoms with Gasteiger partial charge in [0, 0.05) is 49.2 Å². The molecule has 1 spiro atoms. The lowest BCUT2D eigenvalue weighted by Crippen LogP contribution is -2.37. The van der Waals surface area contributed by atoms with Crippen LogP contribution < -0.4 is 4.74 Å². The smallest absolute Gasteiger partial charge is 0.255 e. The molecular weight excluding hydrogens is 412 g/mol. The molecule has 0 saturated carbocycles. The van der Waals surface area contributed by atoms with Crippen LogP contribution in [-0.4, -0.2) is 59.0 Å². The number of hydrogen-bond donors (Lipinski definition) is 0. The lowest BCUT2D eigenvalue weighted by Gasteiger charge is -2.37. The van der Waals surface area contributed by atoms with E-state index in [0.29, 0.717) is 24.4 Å². The number of hydrogen-bond acceptors (Lipinski definition) is 5. The molecule has 1 amide bonds. The molecule has 2 saturated heterocycles. The summed E-state index contributed by atoms with van der Waals surface area (Å²) in [6.45, 7) is 2.78. The van der Waals surface area contributed by atoms with Gasteiger partial charge in [-0.3, -0.25) is 4.79 Å². The summed E-state index contributed by atoms with van der Waals surface area (Å²) in [5.41, 5.74) is 0.607. The predicted molar refractivity (Wildman–Crippen MR) is 103 cm³/mol. The Hall–Kier alpha value is -1.93. The van der Waals surface area contributed by atoms with Crippen LogP contribution in [-0.2, 0) is 11.8 Å². The van der Waals surface area contributed by atoms with Crippen LogP contribution in [0.15, 0.2) is 29.0 Å². The van der Waals surface area contributed by atoms with Gasteiger partial charge in [0.25, 0.3) is 5.91 Å². The zero-order valence-electron chi connectivity index (χ0n) is 15.5. The van der Waals surface area contributed by atoms with Gasteiger partial charge in [-0.15, -0.1) is 10.2 Å². The third-order valence-corrected chi connectivity index (χ3v) is 6.58. The van der Waals surface area contributed by atoms with Crippen molar-refractivity contribution < 1.29 is 14.3 Å². The fourth-order valence-electron chi connectivity index (χ4n) is 4.34. The van der Waals surface area contributed by atoms with E-state index in [2.05, 4.69) is 26.1 Å². The number of nitrogens with zero attached hydrogens (tertiary/aromatic N) is 4. The average molecular weight is 435 g/mol. The molecule has 0 bridgehead atoms. The Morgan fingerprint density at radius 2 is 2.15 bits per heavy atom. The van der Waals surface area contributed by atoms with Gasteiger partial charge in [0.05, 0.1) is 12.7 Å². The van der Waals surface area contributed by atoms with Gasteiger partial charge in [-0.05, 0) is 47.0 Å². The van der Waals surface area contributed by atoms with E-state index in [-0.39, 0.29) is 17.2 Å². The van der Waals surface area contributed by atoms with E-state index in [1.807, 2.05) is 28.6 Å². The Morgan fingerprint density at radius 1 is 1.37 bits per heavy atom. The van der Waals surface area contributed by atoms with Crippen LogP contribution in [0, 0.1) is 5.41 Å². The van der Waals surface area contributed by atoms with Crippen molar-refractivity contribution in [3.8, 4) is 5.75 Å². The Labute approximate surface area is 166 Å². The second kappa shape index (κ2) is 7.24. The molecule has 1 atom stereocenters. The third-order valence-electron chi connectivity index (χ3n) is 5.89. The number of carbonyl (C=O) groups is 1. The fraction of sp³-hybridized carbons (Fsp3) is 0.526. The zero-order chi connectivity index (χ0) is 19.0. The summed E-state index contributed by atoms with van der Waals surface area (Å²) < 4.78 is 13.7. The number of aryl methyl sites for hydroxylation is 1. The van der Waals surface area contributed by atoms with Crippen LogP contribution in [0.2, 0.25) is 0 Å². The summed E-state index contributed by atoms with van der Waals surface area (Å²) in [5, 5.41) is 8.43. The van der Waals surface area contributed by atoms with Crippen molar-refractivity contribution in [2.24, 2.45) is 12.5 Å². The topological polar surface area (TPSA) is 69.5 Å². The van der Waals surface area contributed by atoms with Gasteiger partial charge < -0.3 is 18.9 Å². The largest absolute Gasteiger partial charge is 0.497 e. The summed E-state index contributed by atoms with van der Waals surface area (Å²) in [4.78, 5) is 15.3. The van der Waals surface area contributed by atoms with Crippen LogP contribution in [0.5, 0.6) is 5.75 Å². The molecule has 27 heavy (non-hydrogen) atoms. The number of benzene rings is 1. The summed E-state index contributed by atoms with van der Waals surface area (Å²) in [5.74, 6) is 1.78. The van der Waals surface area contributed by atoms with Gasteiger partial charge >= 0.3 is 0 Å². The number of methoxy groups -OCH3 is 1. The van der Waals surface area contributed by atoms with Crippen molar-refractivity contribution in [2.75, 3.05) is 33.4 Å². The zero-order valence-corrected chi connectivity index (χ0v) is 17.1. The molecule has 2 aromatic rings. The number of likely N-dealkylation sites (tertiary alicyclic amines) is 1. The maximum absolute atomic E-state index is 13.3. The van der Waals surface area contributed by atoms with E-state index in [1.54, 1.807) is 19.5 Å². The molecule has 2 fully saturated rings. The van der Waals surface area contributed by atoms with Crippen molar-refractivity contribution in [3.05, 3.63) is 40.4 Å². The van der Waals surface area contributed by atoms with E-state index >= 15 is 0 Å². The molecular formula is C19H23BrN4O3. The predicted octanol–water partition coefficient (Wildman–Crippen LogP) is 2.62. The van der Waals surface area contributed by atoms with E-state index in [0.717, 1.165) is 36.4 Å². The first-order chi connectivity index (χ1) is 13.0. The van der Waals surface area contributed by atoms with Crippen LogP contribution in [0.25, 0.3) is 0 Å². The standard InChI is InChI=1S/C19H23BrN4O3/c1-23-12-21-22-17(23)15-10-24(11-19(15)5-7-27-8-6-19)18(25)14-9-13(26-2)3-4-16(14)20/h3-4,9,12,15H,5-8,10-11H2,1-2H3. The molecule has 0 radical (unpaired) electrons. The fourth-order valence-corrected chi connectivity index (χ4v) is 4.75. The van der Waals surface area contributed by atoms with Gasteiger partial charge in [-0.1, -0.05) is 0 Å². The van der Waals surface area contributed by atoms with E-state index in [9.17, 15) is 4.79 Å². The summed E-state index contributed by atoms with van der Waals surface area (Å²) in [6.07, 6.45) is 3.58. The van der Waals surface area contributed by atoms with Gasteiger partial charge in [-0.2, -0.15) is 0 Å². The minimum absolute atomic E-state index is 0.0105. The number of ether oxygens (including phenoxy) is 2. The average Bonchev–Trinajstić information content (AvgIpc) is 3.26. The molecule has 3 heterocycles.